The zero-order chi connectivity index (χ0) is 17.7. The molecule has 0 aliphatic rings. The van der Waals surface area contributed by atoms with E-state index in [9.17, 15) is 4.39 Å². The van der Waals surface area contributed by atoms with Crippen LogP contribution in [0, 0.1) is 5.82 Å². The van der Waals surface area contributed by atoms with Gasteiger partial charge in [-0.05, 0) is 41.8 Å². The summed E-state index contributed by atoms with van der Waals surface area (Å²) in [4.78, 5) is 15.0. The lowest BCUT2D eigenvalue weighted by Gasteiger charge is -2.08. The summed E-state index contributed by atoms with van der Waals surface area (Å²) in [5.41, 5.74) is 3.38. The number of hydrogen-bond donors (Lipinski definition) is 0. The van der Waals surface area contributed by atoms with Gasteiger partial charge >= 0.3 is 0 Å². The molecule has 0 amide bonds. The Balaban J connectivity index is 1.89. The maximum absolute atomic E-state index is 13.7. The predicted molar refractivity (Wildman–Crippen MR) is 102 cm³/mol. The zero-order valence-electron chi connectivity index (χ0n) is 13.2. The highest BCUT2D eigenvalue weighted by Crippen LogP contribution is 2.32. The van der Waals surface area contributed by atoms with Crippen LogP contribution in [-0.2, 0) is 0 Å². The smallest absolute Gasteiger partial charge is 0.199 e. The van der Waals surface area contributed by atoms with Crippen LogP contribution in [0.4, 0.5) is 4.39 Å². The number of nitrogens with zero attached hydrogens (tertiary/aromatic N) is 4. The minimum Gasteiger partial charge on any atom is -0.275 e. The predicted octanol–water partition coefficient (Wildman–Crippen LogP) is 5.49. The highest BCUT2D eigenvalue weighted by Gasteiger charge is 2.18. The average Bonchev–Trinajstić information content (AvgIpc) is 3.29. The standard InChI is InChI=1S/C19H10ClFN4S/c20-12-10-11(7-8-13(12)21)25-18(16-6-3-9-26-16)24-17-19(25)23-15-5-2-1-4-14(15)22-17/h1-10H. The lowest BCUT2D eigenvalue weighted by Crippen LogP contribution is -1.99. The van der Waals surface area contributed by atoms with Crippen molar-refractivity contribution in [2.75, 3.05) is 0 Å². The fourth-order valence-electron chi connectivity index (χ4n) is 2.90. The van der Waals surface area contributed by atoms with Crippen LogP contribution in [0.3, 0.4) is 0 Å². The fourth-order valence-corrected chi connectivity index (χ4v) is 3.77. The molecule has 26 heavy (non-hydrogen) atoms. The van der Waals surface area contributed by atoms with Gasteiger partial charge in [0.25, 0.3) is 0 Å². The van der Waals surface area contributed by atoms with Crippen molar-refractivity contribution in [3.8, 4) is 16.4 Å². The number of imidazole rings is 1. The van der Waals surface area contributed by atoms with Crippen LogP contribution in [-0.4, -0.2) is 19.5 Å². The van der Waals surface area contributed by atoms with Crippen LogP contribution < -0.4 is 0 Å². The summed E-state index contributed by atoms with van der Waals surface area (Å²) in [7, 11) is 0. The van der Waals surface area contributed by atoms with Gasteiger partial charge in [0.15, 0.2) is 17.1 Å². The van der Waals surface area contributed by atoms with Gasteiger partial charge in [0.05, 0.1) is 26.6 Å². The number of fused-ring (bicyclic) bond motifs is 2. The van der Waals surface area contributed by atoms with Crippen LogP contribution in [0.15, 0.2) is 60.0 Å². The first-order valence-electron chi connectivity index (χ1n) is 7.85. The molecule has 0 atom stereocenters. The van der Waals surface area contributed by atoms with Gasteiger partial charge < -0.3 is 0 Å². The Bertz CT molecular complexity index is 1260. The van der Waals surface area contributed by atoms with Crippen LogP contribution >= 0.6 is 22.9 Å². The Hall–Kier alpha value is -2.83. The van der Waals surface area contributed by atoms with Crippen LogP contribution in [0.2, 0.25) is 5.02 Å². The Morgan fingerprint density at radius 2 is 1.73 bits per heavy atom. The van der Waals surface area contributed by atoms with Crippen molar-refractivity contribution >= 4 is 45.3 Å². The molecule has 0 bridgehead atoms. The van der Waals surface area contributed by atoms with E-state index in [1.54, 1.807) is 23.5 Å². The van der Waals surface area contributed by atoms with Crippen molar-refractivity contribution in [2.24, 2.45) is 0 Å². The van der Waals surface area contributed by atoms with Gasteiger partial charge in [0, 0.05) is 0 Å². The second-order valence-electron chi connectivity index (χ2n) is 5.71. The number of para-hydroxylation sites is 2. The largest absolute Gasteiger partial charge is 0.275 e. The number of hydrogen-bond acceptors (Lipinski definition) is 4. The second-order valence-corrected chi connectivity index (χ2v) is 7.06. The zero-order valence-corrected chi connectivity index (χ0v) is 14.8. The highest BCUT2D eigenvalue weighted by atomic mass is 35.5. The first-order valence-corrected chi connectivity index (χ1v) is 9.11. The monoisotopic (exact) mass is 380 g/mol. The molecule has 0 aliphatic heterocycles. The Labute approximate surface area is 156 Å². The number of rotatable bonds is 2. The quantitative estimate of drug-likeness (QED) is 0.406. The molecule has 0 spiro atoms. The molecule has 5 rings (SSSR count). The first-order chi connectivity index (χ1) is 12.7. The number of thiophene rings is 1. The molecule has 0 saturated carbocycles. The molecule has 0 N–H and O–H groups in total. The molecule has 0 fully saturated rings. The molecule has 3 heterocycles. The maximum Gasteiger partial charge on any atom is 0.199 e. The molecule has 126 valence electrons. The average molecular weight is 381 g/mol. The van der Waals surface area contributed by atoms with E-state index in [0.29, 0.717) is 22.8 Å². The molecular formula is C19H10ClFN4S. The van der Waals surface area contributed by atoms with Crippen LogP contribution in [0.1, 0.15) is 0 Å². The van der Waals surface area contributed by atoms with Gasteiger partial charge in [0.2, 0.25) is 0 Å². The lowest BCUT2D eigenvalue weighted by molar-refractivity contribution is 0.628. The maximum atomic E-state index is 13.7. The Morgan fingerprint density at radius 1 is 0.923 bits per heavy atom. The minimum absolute atomic E-state index is 0.0511. The summed E-state index contributed by atoms with van der Waals surface area (Å²) in [6.07, 6.45) is 0. The number of benzene rings is 2. The van der Waals surface area contributed by atoms with Gasteiger partial charge in [-0.2, -0.15) is 0 Å². The van der Waals surface area contributed by atoms with Gasteiger partial charge in [-0.25, -0.2) is 19.3 Å². The van der Waals surface area contributed by atoms with Crippen molar-refractivity contribution in [1.82, 2.24) is 19.5 Å². The van der Waals surface area contributed by atoms with E-state index in [4.69, 9.17) is 21.6 Å². The fraction of sp³-hybridized carbons (Fsp3) is 0. The molecule has 0 radical (unpaired) electrons. The van der Waals surface area contributed by atoms with E-state index in [1.807, 2.05) is 46.3 Å². The van der Waals surface area contributed by atoms with Crippen molar-refractivity contribution < 1.29 is 4.39 Å². The third kappa shape index (κ3) is 2.38. The third-order valence-electron chi connectivity index (χ3n) is 4.07. The number of aromatic nitrogens is 4. The van der Waals surface area contributed by atoms with Crippen LogP contribution in [0.5, 0.6) is 0 Å². The summed E-state index contributed by atoms with van der Waals surface area (Å²) < 4.78 is 15.5. The molecule has 0 aliphatic carbocycles. The minimum atomic E-state index is -0.464. The molecule has 2 aromatic carbocycles. The molecule has 5 aromatic rings. The van der Waals surface area contributed by atoms with Gasteiger partial charge in [-0.1, -0.05) is 29.8 Å². The van der Waals surface area contributed by atoms with Crippen molar-refractivity contribution in [3.63, 3.8) is 0 Å². The molecule has 0 saturated heterocycles. The Kier molecular flexibility index (Phi) is 3.48. The Morgan fingerprint density at radius 3 is 2.46 bits per heavy atom. The molecule has 0 unspecified atom stereocenters. The van der Waals surface area contributed by atoms with E-state index >= 15 is 0 Å². The lowest BCUT2D eigenvalue weighted by atomic mass is 10.3. The van der Waals surface area contributed by atoms with Crippen molar-refractivity contribution in [2.45, 2.75) is 0 Å². The molecular weight excluding hydrogens is 371 g/mol. The summed E-state index contributed by atoms with van der Waals surface area (Å²) >= 11 is 7.58. The summed E-state index contributed by atoms with van der Waals surface area (Å²) in [5.74, 6) is 0.238. The van der Waals surface area contributed by atoms with Gasteiger partial charge in [-0.3, -0.25) is 4.57 Å². The van der Waals surface area contributed by atoms with Crippen molar-refractivity contribution in [1.29, 1.82) is 0 Å². The van der Waals surface area contributed by atoms with E-state index in [2.05, 4.69) is 4.98 Å². The summed E-state index contributed by atoms with van der Waals surface area (Å²) in [5, 5.41) is 2.03. The SMILES string of the molecule is Fc1ccc(-n2c(-c3cccs3)nc3nc4ccccc4nc32)cc1Cl. The molecule has 3 aromatic heterocycles. The van der Waals surface area contributed by atoms with Gasteiger partial charge in [-0.15, -0.1) is 11.3 Å². The highest BCUT2D eigenvalue weighted by molar-refractivity contribution is 7.13. The topological polar surface area (TPSA) is 43.6 Å². The summed E-state index contributed by atoms with van der Waals surface area (Å²) in [6, 6.07) is 16.2. The van der Waals surface area contributed by atoms with E-state index in [0.717, 1.165) is 15.9 Å². The molecule has 4 nitrogen and oxygen atoms in total. The van der Waals surface area contributed by atoms with E-state index < -0.39 is 5.82 Å². The first kappa shape index (κ1) is 15.4. The van der Waals surface area contributed by atoms with Crippen molar-refractivity contribution in [3.05, 3.63) is 70.8 Å². The van der Waals surface area contributed by atoms with Crippen LogP contribution in [0.25, 0.3) is 38.7 Å². The normalized spacial score (nSPS) is 11.5. The van der Waals surface area contributed by atoms with Gasteiger partial charge in [0.1, 0.15) is 5.82 Å². The third-order valence-corrected chi connectivity index (χ3v) is 5.23. The second kappa shape index (κ2) is 5.86. The van der Waals surface area contributed by atoms with E-state index in [-0.39, 0.29) is 5.02 Å². The summed E-state index contributed by atoms with van der Waals surface area (Å²) in [6.45, 7) is 0. The number of halogens is 2. The van der Waals surface area contributed by atoms with E-state index in [1.165, 1.54) is 6.07 Å². The molecule has 7 heteroatoms.